The molecule has 0 aromatic carbocycles. The van der Waals surface area contributed by atoms with E-state index in [1.165, 1.54) is 0 Å². The first kappa shape index (κ1) is 14.4. The number of nitrogens with one attached hydrogen (secondary N) is 1. The third-order valence-corrected chi connectivity index (χ3v) is 2.40. The molecule has 0 unspecified atom stereocenters. The summed E-state index contributed by atoms with van der Waals surface area (Å²) in [5.74, 6) is 0.915. The summed E-state index contributed by atoms with van der Waals surface area (Å²) in [4.78, 5) is 17.4. The Kier molecular flexibility index (Phi) is 6.13. The van der Waals surface area contributed by atoms with Gasteiger partial charge in [0, 0.05) is 13.1 Å². The molecule has 18 heavy (non-hydrogen) atoms. The predicted molar refractivity (Wildman–Crippen MR) is 64.8 cm³/mol. The number of aryl methyl sites for hydroxylation is 1. The Morgan fingerprint density at radius 2 is 2.28 bits per heavy atom. The lowest BCUT2D eigenvalue weighted by molar-refractivity contribution is 0.174. The summed E-state index contributed by atoms with van der Waals surface area (Å²) >= 11 is 0. The molecule has 0 saturated carbocycles. The fourth-order valence-electron chi connectivity index (χ4n) is 1.46. The van der Waals surface area contributed by atoms with Crippen LogP contribution in [0.15, 0.2) is 4.52 Å². The molecule has 2 N–H and O–H groups in total. The van der Waals surface area contributed by atoms with Crippen molar-refractivity contribution in [3.05, 3.63) is 11.7 Å². The molecule has 0 saturated heterocycles. The lowest BCUT2D eigenvalue weighted by Gasteiger charge is -2.21. The number of aliphatic hydroxyl groups is 1. The van der Waals surface area contributed by atoms with Crippen molar-refractivity contribution in [1.82, 2.24) is 20.4 Å². The number of carbonyl (C=O) groups excluding carboxylic acids is 1. The van der Waals surface area contributed by atoms with Gasteiger partial charge in [0.1, 0.15) is 0 Å². The van der Waals surface area contributed by atoms with E-state index in [9.17, 15) is 4.79 Å². The summed E-state index contributed by atoms with van der Waals surface area (Å²) in [7, 11) is 0. The maximum Gasteiger partial charge on any atom is 0.317 e. The van der Waals surface area contributed by atoms with E-state index in [1.54, 1.807) is 11.8 Å². The molecule has 1 rings (SSSR count). The number of hydrogen-bond donors (Lipinski definition) is 2. The van der Waals surface area contributed by atoms with E-state index in [2.05, 4.69) is 22.4 Å². The maximum absolute atomic E-state index is 11.8. The van der Waals surface area contributed by atoms with Gasteiger partial charge in [-0.25, -0.2) is 4.79 Å². The van der Waals surface area contributed by atoms with Crippen LogP contribution in [-0.2, 0) is 6.54 Å². The van der Waals surface area contributed by atoms with Gasteiger partial charge in [0.05, 0.1) is 13.2 Å². The van der Waals surface area contributed by atoms with E-state index >= 15 is 0 Å². The molecule has 0 aliphatic rings. The largest absolute Gasteiger partial charge is 0.395 e. The first-order valence-corrected chi connectivity index (χ1v) is 6.10. The smallest absolute Gasteiger partial charge is 0.317 e. The van der Waals surface area contributed by atoms with Gasteiger partial charge in [-0.3, -0.25) is 0 Å². The number of unbranched alkanes of at least 4 members (excludes halogenated alkanes) is 1. The number of rotatable bonds is 7. The highest BCUT2D eigenvalue weighted by Gasteiger charge is 2.13. The highest BCUT2D eigenvalue weighted by atomic mass is 16.5. The van der Waals surface area contributed by atoms with Crippen molar-refractivity contribution in [1.29, 1.82) is 0 Å². The van der Waals surface area contributed by atoms with Crippen LogP contribution in [0.3, 0.4) is 0 Å². The lowest BCUT2D eigenvalue weighted by atomic mass is 10.3. The molecule has 1 heterocycles. The molecule has 0 aliphatic heterocycles. The van der Waals surface area contributed by atoms with Crippen LogP contribution in [0.25, 0.3) is 0 Å². The van der Waals surface area contributed by atoms with Crippen LogP contribution in [-0.4, -0.2) is 45.9 Å². The molecule has 0 spiro atoms. The van der Waals surface area contributed by atoms with Gasteiger partial charge in [0.25, 0.3) is 0 Å². The van der Waals surface area contributed by atoms with Gasteiger partial charge >= 0.3 is 6.03 Å². The molecule has 1 aromatic rings. The van der Waals surface area contributed by atoms with Crippen LogP contribution in [0, 0.1) is 6.92 Å². The van der Waals surface area contributed by atoms with Crippen molar-refractivity contribution >= 4 is 6.03 Å². The molecule has 1 aromatic heterocycles. The molecule has 2 amide bonds. The van der Waals surface area contributed by atoms with Gasteiger partial charge in [0.2, 0.25) is 5.89 Å². The quantitative estimate of drug-likeness (QED) is 0.748. The van der Waals surface area contributed by atoms with Crippen LogP contribution in [0.1, 0.15) is 31.5 Å². The zero-order chi connectivity index (χ0) is 13.4. The van der Waals surface area contributed by atoms with Gasteiger partial charge in [-0.1, -0.05) is 18.5 Å². The minimum Gasteiger partial charge on any atom is -0.395 e. The Bertz CT molecular complexity index is 367. The van der Waals surface area contributed by atoms with Crippen molar-refractivity contribution in [3.63, 3.8) is 0 Å². The Labute approximate surface area is 106 Å². The zero-order valence-electron chi connectivity index (χ0n) is 10.8. The number of aliphatic hydroxyl groups excluding tert-OH is 1. The molecular weight excluding hydrogens is 236 g/mol. The van der Waals surface area contributed by atoms with Crippen LogP contribution >= 0.6 is 0 Å². The zero-order valence-corrected chi connectivity index (χ0v) is 10.8. The Morgan fingerprint density at radius 1 is 1.50 bits per heavy atom. The lowest BCUT2D eigenvalue weighted by Crippen LogP contribution is -2.41. The van der Waals surface area contributed by atoms with Crippen molar-refractivity contribution in [2.24, 2.45) is 0 Å². The van der Waals surface area contributed by atoms with E-state index < -0.39 is 0 Å². The Balaban J connectivity index is 2.40. The van der Waals surface area contributed by atoms with E-state index in [0.717, 1.165) is 12.8 Å². The number of urea groups is 1. The minimum absolute atomic E-state index is 0.0448. The van der Waals surface area contributed by atoms with Crippen LogP contribution < -0.4 is 5.32 Å². The standard InChI is InChI=1S/C11H20N4O3/c1-3-4-5-15(6-7-16)11(17)12-8-10-13-9(2)14-18-10/h16H,3-8H2,1-2H3,(H,12,17). The number of amides is 2. The molecule has 7 nitrogen and oxygen atoms in total. The predicted octanol–water partition coefficient (Wildman–Crippen LogP) is 0.682. The van der Waals surface area contributed by atoms with Crippen LogP contribution in [0.4, 0.5) is 4.79 Å². The number of aromatic nitrogens is 2. The van der Waals surface area contributed by atoms with Crippen molar-refractivity contribution in [2.45, 2.75) is 33.2 Å². The molecule has 0 aliphatic carbocycles. The highest BCUT2D eigenvalue weighted by molar-refractivity contribution is 5.74. The second kappa shape index (κ2) is 7.65. The van der Waals surface area contributed by atoms with Crippen LogP contribution in [0.5, 0.6) is 0 Å². The van der Waals surface area contributed by atoms with Crippen molar-refractivity contribution in [3.8, 4) is 0 Å². The summed E-state index contributed by atoms with van der Waals surface area (Å²) in [5, 5.41) is 15.2. The third-order valence-electron chi connectivity index (χ3n) is 2.40. The number of carbonyl (C=O) groups is 1. The normalized spacial score (nSPS) is 10.4. The molecule has 0 atom stereocenters. The molecule has 0 radical (unpaired) electrons. The van der Waals surface area contributed by atoms with E-state index in [4.69, 9.17) is 9.63 Å². The minimum atomic E-state index is -0.228. The van der Waals surface area contributed by atoms with Gasteiger partial charge in [0.15, 0.2) is 5.82 Å². The summed E-state index contributed by atoms with van der Waals surface area (Å²) in [5.41, 5.74) is 0. The number of nitrogens with zero attached hydrogens (tertiary/aromatic N) is 3. The molecule has 0 bridgehead atoms. The second-order valence-electron chi connectivity index (χ2n) is 3.96. The average Bonchev–Trinajstić information content (AvgIpc) is 2.77. The molecule has 0 fully saturated rings. The average molecular weight is 256 g/mol. The van der Waals surface area contributed by atoms with E-state index in [1.807, 2.05) is 0 Å². The summed E-state index contributed by atoms with van der Waals surface area (Å²) in [6.07, 6.45) is 1.91. The van der Waals surface area contributed by atoms with Gasteiger partial charge < -0.3 is 19.8 Å². The van der Waals surface area contributed by atoms with Gasteiger partial charge in [-0.2, -0.15) is 4.98 Å². The fraction of sp³-hybridized carbons (Fsp3) is 0.727. The first-order valence-electron chi connectivity index (χ1n) is 6.10. The fourth-order valence-corrected chi connectivity index (χ4v) is 1.46. The molecule has 7 heteroatoms. The van der Waals surface area contributed by atoms with E-state index in [0.29, 0.717) is 24.8 Å². The summed E-state index contributed by atoms with van der Waals surface area (Å²) in [6, 6.07) is -0.228. The first-order chi connectivity index (χ1) is 8.67. The van der Waals surface area contributed by atoms with Gasteiger partial charge in [-0.05, 0) is 13.3 Å². The Hall–Kier alpha value is -1.63. The topological polar surface area (TPSA) is 91.5 Å². The Morgan fingerprint density at radius 3 is 2.83 bits per heavy atom. The maximum atomic E-state index is 11.8. The third kappa shape index (κ3) is 4.70. The van der Waals surface area contributed by atoms with Crippen molar-refractivity contribution < 1.29 is 14.4 Å². The summed E-state index contributed by atoms with van der Waals surface area (Å²) < 4.78 is 4.89. The van der Waals surface area contributed by atoms with Gasteiger partial charge in [-0.15, -0.1) is 0 Å². The van der Waals surface area contributed by atoms with E-state index in [-0.39, 0.29) is 19.2 Å². The van der Waals surface area contributed by atoms with Crippen LogP contribution in [0.2, 0.25) is 0 Å². The highest BCUT2D eigenvalue weighted by Crippen LogP contribution is 1.98. The van der Waals surface area contributed by atoms with Crippen molar-refractivity contribution in [2.75, 3.05) is 19.7 Å². The second-order valence-corrected chi connectivity index (χ2v) is 3.96. The SMILES string of the molecule is CCCCN(CCO)C(=O)NCc1nc(C)no1. The molecule has 102 valence electrons. The summed E-state index contributed by atoms with van der Waals surface area (Å²) in [6.45, 7) is 4.88. The molecular formula is C11H20N4O3. The number of hydrogen-bond acceptors (Lipinski definition) is 5. The monoisotopic (exact) mass is 256 g/mol.